The number of nitrogens with zero attached hydrogens (tertiary/aromatic N) is 2. The zero-order chi connectivity index (χ0) is 22.7. The summed E-state index contributed by atoms with van der Waals surface area (Å²) in [6.07, 6.45) is 0.729. The summed E-state index contributed by atoms with van der Waals surface area (Å²) in [6.45, 7) is 5.28. The van der Waals surface area contributed by atoms with Crippen molar-refractivity contribution in [2.75, 3.05) is 0 Å². The zero-order valence-electron chi connectivity index (χ0n) is 18.8. The fraction of sp³-hybridized carbons (Fsp3) is 0.172. The van der Waals surface area contributed by atoms with Gasteiger partial charge in [-0.1, -0.05) is 66.2 Å². The van der Waals surface area contributed by atoms with Gasteiger partial charge in [0.1, 0.15) is 0 Å². The van der Waals surface area contributed by atoms with Crippen LogP contribution in [0.4, 0.5) is 0 Å². The Morgan fingerprint density at radius 1 is 0.636 bits per heavy atom. The van der Waals surface area contributed by atoms with Crippen LogP contribution >= 0.6 is 0 Å². The molecule has 0 aliphatic carbocycles. The first-order valence-electron chi connectivity index (χ1n) is 11.4. The van der Waals surface area contributed by atoms with E-state index in [2.05, 4.69) is 30.3 Å². The standard InChI is InChI=1S/C29H24N2O2/c1-18-9-10-19(2)23(15-18)25-17-22-12-11-21-16-24(20-7-4-3-5-8-20)28(32)30-13-6-14-31(29(25)33)27(22)26(21)30/h3-5,7-12,15-17H,6,13-14H2,1-2H3. The number of pyridine rings is 2. The van der Waals surface area contributed by atoms with Crippen LogP contribution in [0.15, 0.2) is 82.4 Å². The van der Waals surface area contributed by atoms with E-state index >= 15 is 0 Å². The lowest BCUT2D eigenvalue weighted by Gasteiger charge is -2.16. The Labute approximate surface area is 191 Å². The van der Waals surface area contributed by atoms with E-state index in [0.29, 0.717) is 18.7 Å². The molecule has 0 saturated carbocycles. The van der Waals surface area contributed by atoms with Crippen molar-refractivity contribution in [3.05, 3.63) is 105 Å². The van der Waals surface area contributed by atoms with E-state index in [1.807, 2.05) is 65.4 Å². The van der Waals surface area contributed by atoms with Crippen LogP contribution in [0.5, 0.6) is 0 Å². The molecule has 0 radical (unpaired) electrons. The molecule has 33 heavy (non-hydrogen) atoms. The molecule has 1 aliphatic rings. The van der Waals surface area contributed by atoms with Gasteiger partial charge >= 0.3 is 0 Å². The second-order valence-corrected chi connectivity index (χ2v) is 9.01. The largest absolute Gasteiger partial charge is 0.306 e. The average molecular weight is 433 g/mol. The number of hydrogen-bond donors (Lipinski definition) is 0. The van der Waals surface area contributed by atoms with E-state index in [1.54, 1.807) is 0 Å². The number of benzene rings is 3. The first kappa shape index (κ1) is 19.7. The van der Waals surface area contributed by atoms with E-state index in [4.69, 9.17) is 0 Å². The minimum absolute atomic E-state index is 0.000652. The van der Waals surface area contributed by atoms with Crippen LogP contribution in [0, 0.1) is 13.8 Å². The lowest BCUT2D eigenvalue weighted by Crippen LogP contribution is -2.22. The molecule has 0 spiro atoms. The van der Waals surface area contributed by atoms with E-state index in [0.717, 1.165) is 56.0 Å². The fourth-order valence-corrected chi connectivity index (χ4v) is 5.20. The molecule has 2 aromatic heterocycles. The first-order valence-corrected chi connectivity index (χ1v) is 11.4. The Hall–Kier alpha value is -3.92. The van der Waals surface area contributed by atoms with E-state index in [1.165, 1.54) is 0 Å². The lowest BCUT2D eigenvalue weighted by molar-refractivity contribution is 0.581. The quantitative estimate of drug-likeness (QED) is 0.337. The van der Waals surface area contributed by atoms with E-state index < -0.39 is 0 Å². The average Bonchev–Trinajstić information content (AvgIpc) is 3.04. The van der Waals surface area contributed by atoms with Crippen molar-refractivity contribution in [2.24, 2.45) is 0 Å². The molecule has 0 bridgehead atoms. The zero-order valence-corrected chi connectivity index (χ0v) is 18.8. The number of aryl methyl sites for hydroxylation is 4. The monoisotopic (exact) mass is 432 g/mol. The van der Waals surface area contributed by atoms with Crippen molar-refractivity contribution in [1.29, 1.82) is 0 Å². The number of hydrogen-bond acceptors (Lipinski definition) is 2. The molecule has 4 nitrogen and oxygen atoms in total. The molecular formula is C29H24N2O2. The van der Waals surface area contributed by atoms with Crippen LogP contribution < -0.4 is 11.1 Å². The van der Waals surface area contributed by atoms with Crippen molar-refractivity contribution in [3.8, 4) is 22.3 Å². The Bertz CT molecular complexity index is 1690. The molecule has 5 aromatic rings. The van der Waals surface area contributed by atoms with Crippen LogP contribution in [0.3, 0.4) is 0 Å². The summed E-state index contributed by atoms with van der Waals surface area (Å²) in [4.78, 5) is 27.3. The van der Waals surface area contributed by atoms with Gasteiger partial charge in [0.2, 0.25) is 0 Å². The van der Waals surface area contributed by atoms with E-state index in [9.17, 15) is 9.59 Å². The van der Waals surface area contributed by atoms with E-state index in [-0.39, 0.29) is 11.1 Å². The minimum Gasteiger partial charge on any atom is -0.306 e. The third-order valence-electron chi connectivity index (χ3n) is 6.84. The van der Waals surface area contributed by atoms with Gasteiger partial charge in [0.05, 0.1) is 11.0 Å². The molecule has 0 N–H and O–H groups in total. The normalized spacial score (nSPS) is 13.0. The van der Waals surface area contributed by atoms with Crippen LogP contribution in [-0.2, 0) is 13.1 Å². The van der Waals surface area contributed by atoms with Crippen molar-refractivity contribution in [2.45, 2.75) is 33.4 Å². The SMILES string of the molecule is Cc1ccc(C)c(-c2cc3ccc4cc(-c5ccccc5)c(=O)n5c4c3n(c2=O)CCC5)c1. The van der Waals surface area contributed by atoms with Gasteiger partial charge in [0.25, 0.3) is 11.1 Å². The van der Waals surface area contributed by atoms with Crippen molar-refractivity contribution in [3.63, 3.8) is 0 Å². The highest BCUT2D eigenvalue weighted by molar-refractivity contribution is 6.05. The molecule has 0 fully saturated rings. The first-order chi connectivity index (χ1) is 16.0. The van der Waals surface area contributed by atoms with Crippen LogP contribution in [-0.4, -0.2) is 9.13 Å². The second-order valence-electron chi connectivity index (χ2n) is 9.01. The summed E-state index contributed by atoms with van der Waals surface area (Å²) < 4.78 is 3.76. The maximum atomic E-state index is 13.8. The smallest absolute Gasteiger partial charge is 0.258 e. The molecule has 0 unspecified atom stereocenters. The van der Waals surface area contributed by atoms with Gasteiger partial charge in [-0.05, 0) is 49.1 Å². The fourth-order valence-electron chi connectivity index (χ4n) is 5.20. The predicted octanol–water partition coefficient (Wildman–Crippen LogP) is 5.67. The summed E-state index contributed by atoms with van der Waals surface area (Å²) >= 11 is 0. The van der Waals surface area contributed by atoms with Gasteiger partial charge in [-0.15, -0.1) is 0 Å². The van der Waals surface area contributed by atoms with Gasteiger partial charge < -0.3 is 9.13 Å². The second kappa shape index (κ2) is 7.31. The van der Waals surface area contributed by atoms with Gasteiger partial charge in [-0.3, -0.25) is 9.59 Å². The third kappa shape index (κ3) is 2.98. The van der Waals surface area contributed by atoms with Gasteiger partial charge in [0, 0.05) is 35.0 Å². The Kier molecular flexibility index (Phi) is 4.37. The lowest BCUT2D eigenvalue weighted by atomic mass is 9.97. The molecule has 6 rings (SSSR count). The molecule has 0 atom stereocenters. The van der Waals surface area contributed by atoms with Crippen molar-refractivity contribution in [1.82, 2.24) is 9.13 Å². The Balaban J connectivity index is 1.72. The highest BCUT2D eigenvalue weighted by Crippen LogP contribution is 2.32. The molecule has 4 heteroatoms. The summed E-state index contributed by atoms with van der Waals surface area (Å²) in [5.41, 5.74) is 7.27. The maximum Gasteiger partial charge on any atom is 0.258 e. The molecule has 3 aromatic carbocycles. The topological polar surface area (TPSA) is 44.0 Å². The van der Waals surface area contributed by atoms with Crippen molar-refractivity contribution >= 4 is 21.8 Å². The van der Waals surface area contributed by atoms with Crippen molar-refractivity contribution < 1.29 is 0 Å². The summed E-state index contributed by atoms with van der Waals surface area (Å²) in [5, 5.41) is 1.97. The molecule has 0 amide bonds. The summed E-state index contributed by atoms with van der Waals surface area (Å²) in [6, 6.07) is 24.2. The molecule has 1 aliphatic heterocycles. The Morgan fingerprint density at radius 3 is 1.91 bits per heavy atom. The Morgan fingerprint density at radius 2 is 1.24 bits per heavy atom. The highest BCUT2D eigenvalue weighted by Gasteiger charge is 2.21. The van der Waals surface area contributed by atoms with Crippen LogP contribution in [0.2, 0.25) is 0 Å². The number of aromatic nitrogens is 2. The van der Waals surface area contributed by atoms with Crippen LogP contribution in [0.25, 0.3) is 44.1 Å². The molecule has 3 heterocycles. The molecule has 162 valence electrons. The maximum absolute atomic E-state index is 13.8. The predicted molar refractivity (Wildman–Crippen MR) is 135 cm³/mol. The number of rotatable bonds is 2. The van der Waals surface area contributed by atoms with Crippen LogP contribution in [0.1, 0.15) is 17.5 Å². The van der Waals surface area contributed by atoms with Gasteiger partial charge in [-0.25, -0.2) is 0 Å². The van der Waals surface area contributed by atoms with Gasteiger partial charge in [-0.2, -0.15) is 0 Å². The summed E-state index contributed by atoms with van der Waals surface area (Å²) in [7, 11) is 0. The summed E-state index contributed by atoms with van der Waals surface area (Å²) in [5.74, 6) is 0. The minimum atomic E-state index is 0.000652. The molecule has 0 saturated heterocycles. The molecular weight excluding hydrogens is 408 g/mol. The third-order valence-corrected chi connectivity index (χ3v) is 6.84. The van der Waals surface area contributed by atoms with Gasteiger partial charge in [0.15, 0.2) is 0 Å². The highest BCUT2D eigenvalue weighted by atomic mass is 16.1.